The van der Waals surface area contributed by atoms with E-state index in [4.69, 9.17) is 7.85 Å². The summed E-state index contributed by atoms with van der Waals surface area (Å²) >= 11 is 1.87. The molecule has 1 atom stereocenters. The first-order valence-corrected chi connectivity index (χ1v) is 10.0. The van der Waals surface area contributed by atoms with E-state index in [0.29, 0.717) is 0 Å². The minimum Gasteiger partial charge on any atom is -0.135 e. The molecule has 0 saturated heterocycles. The van der Waals surface area contributed by atoms with Crippen molar-refractivity contribution in [1.82, 2.24) is 0 Å². The van der Waals surface area contributed by atoms with Gasteiger partial charge in [0.25, 0.3) is 0 Å². The van der Waals surface area contributed by atoms with Crippen molar-refractivity contribution in [2.75, 3.05) is 0 Å². The molecule has 0 amide bonds. The summed E-state index contributed by atoms with van der Waals surface area (Å²) in [6.45, 7) is 0. The van der Waals surface area contributed by atoms with Crippen LogP contribution in [0.4, 0.5) is 0 Å². The van der Waals surface area contributed by atoms with Crippen LogP contribution < -0.4 is 5.46 Å². The Bertz CT molecular complexity index is 1330. The van der Waals surface area contributed by atoms with Gasteiger partial charge in [-0.05, 0) is 44.7 Å². The number of hydrogen-bond acceptors (Lipinski definition) is 1. The number of thiophene rings is 1. The maximum absolute atomic E-state index is 6.59. The predicted molar refractivity (Wildman–Crippen MR) is 118 cm³/mol. The van der Waals surface area contributed by atoms with Crippen molar-refractivity contribution >= 4 is 44.8 Å². The van der Waals surface area contributed by atoms with Gasteiger partial charge in [0.1, 0.15) is 7.85 Å². The van der Waals surface area contributed by atoms with Crippen molar-refractivity contribution in [2.24, 2.45) is 0 Å². The molecule has 0 aliphatic heterocycles. The van der Waals surface area contributed by atoms with Crippen LogP contribution in [0.3, 0.4) is 0 Å². The van der Waals surface area contributed by atoms with Gasteiger partial charge in [0.15, 0.2) is 0 Å². The molecule has 6 rings (SSSR count). The average Bonchev–Trinajstić information content (AvgIpc) is 3.25. The van der Waals surface area contributed by atoms with Crippen molar-refractivity contribution in [3.8, 4) is 11.1 Å². The van der Waals surface area contributed by atoms with Gasteiger partial charge in [0.2, 0.25) is 0 Å². The second-order valence-corrected chi connectivity index (χ2v) is 8.21. The highest BCUT2D eigenvalue weighted by Crippen LogP contribution is 2.52. The number of hydrogen-bond donors (Lipinski definition) is 0. The molecule has 0 fully saturated rings. The lowest BCUT2D eigenvalue weighted by Gasteiger charge is -2.15. The Kier molecular flexibility index (Phi) is 3.15. The zero-order valence-electron chi connectivity index (χ0n) is 14.6. The molecule has 0 spiro atoms. The van der Waals surface area contributed by atoms with Crippen LogP contribution in [0.5, 0.6) is 0 Å². The maximum Gasteiger partial charge on any atom is 0.114 e. The molecule has 2 heteroatoms. The smallest absolute Gasteiger partial charge is 0.114 e. The number of benzene rings is 4. The van der Waals surface area contributed by atoms with Crippen LogP contribution in [0.1, 0.15) is 22.6 Å². The maximum atomic E-state index is 6.59. The van der Waals surface area contributed by atoms with Crippen LogP contribution in [0.25, 0.3) is 31.3 Å². The molecule has 1 aliphatic carbocycles. The van der Waals surface area contributed by atoms with Gasteiger partial charge in [-0.15, -0.1) is 11.3 Å². The summed E-state index contributed by atoms with van der Waals surface area (Å²) in [7, 11) is 6.59. The summed E-state index contributed by atoms with van der Waals surface area (Å²) in [4.78, 5) is 0. The molecule has 1 aromatic heterocycles. The largest absolute Gasteiger partial charge is 0.135 e. The minimum atomic E-state index is 0.258. The zero-order chi connectivity index (χ0) is 18.0. The summed E-state index contributed by atoms with van der Waals surface area (Å²) in [6, 6.07) is 30.4. The van der Waals surface area contributed by atoms with E-state index < -0.39 is 0 Å². The first kappa shape index (κ1) is 15.2. The molecule has 1 aliphatic rings. The van der Waals surface area contributed by atoms with E-state index >= 15 is 0 Å². The van der Waals surface area contributed by atoms with Crippen molar-refractivity contribution in [2.45, 2.75) is 5.92 Å². The average molecular weight is 358 g/mol. The van der Waals surface area contributed by atoms with Gasteiger partial charge >= 0.3 is 0 Å². The summed E-state index contributed by atoms with van der Waals surface area (Å²) in [5, 5.41) is 2.48. The Morgan fingerprint density at radius 2 is 1.48 bits per heavy atom. The lowest BCUT2D eigenvalue weighted by Crippen LogP contribution is -2.06. The van der Waals surface area contributed by atoms with Crippen LogP contribution in [0, 0.1) is 0 Å². The van der Waals surface area contributed by atoms with E-state index in [2.05, 4.69) is 84.9 Å². The van der Waals surface area contributed by atoms with Crippen molar-refractivity contribution in [3.05, 3.63) is 102 Å². The van der Waals surface area contributed by atoms with Gasteiger partial charge in [-0.25, -0.2) is 0 Å². The van der Waals surface area contributed by atoms with Crippen LogP contribution >= 0.6 is 11.3 Å². The van der Waals surface area contributed by atoms with Gasteiger partial charge < -0.3 is 0 Å². The Morgan fingerprint density at radius 3 is 2.37 bits per heavy atom. The lowest BCUT2D eigenvalue weighted by molar-refractivity contribution is 1.03. The molecule has 0 bridgehead atoms. The van der Waals surface area contributed by atoms with Gasteiger partial charge in [0, 0.05) is 15.3 Å². The van der Waals surface area contributed by atoms with E-state index in [0.717, 1.165) is 5.46 Å². The molecule has 27 heavy (non-hydrogen) atoms. The van der Waals surface area contributed by atoms with Crippen LogP contribution in [0.15, 0.2) is 84.9 Å². The van der Waals surface area contributed by atoms with E-state index in [1.807, 2.05) is 11.3 Å². The standard InChI is InChI=1S/C25H15BS/c26-20-14-19-16-10-4-5-11-17(16)22(15-8-2-1-3-9-15)24(19)25-23(20)18-12-6-7-13-21(18)27-25/h1-14,22H. The van der Waals surface area contributed by atoms with E-state index in [-0.39, 0.29) is 5.92 Å². The molecule has 1 unspecified atom stereocenters. The number of fused-ring (bicyclic) bond motifs is 7. The third-order valence-corrected chi connectivity index (χ3v) is 6.91. The van der Waals surface area contributed by atoms with Crippen molar-refractivity contribution in [1.29, 1.82) is 0 Å². The van der Waals surface area contributed by atoms with Gasteiger partial charge in [0.05, 0.1) is 0 Å². The third-order valence-electron chi connectivity index (χ3n) is 5.70. The normalized spacial score (nSPS) is 15.2. The van der Waals surface area contributed by atoms with Gasteiger partial charge in [-0.2, -0.15) is 0 Å². The van der Waals surface area contributed by atoms with Crippen molar-refractivity contribution in [3.63, 3.8) is 0 Å². The summed E-state index contributed by atoms with van der Waals surface area (Å²) in [5.41, 5.74) is 7.61. The van der Waals surface area contributed by atoms with E-state index in [1.54, 1.807) is 0 Å². The SMILES string of the molecule is [B]c1cc2c(c3sc4ccccc4c13)C(c1ccccc1)c1ccccc1-2. The molecule has 2 radical (unpaired) electrons. The molecule has 0 N–H and O–H groups in total. The highest BCUT2D eigenvalue weighted by Gasteiger charge is 2.32. The summed E-state index contributed by atoms with van der Waals surface area (Å²) < 4.78 is 2.63. The third kappa shape index (κ3) is 2.05. The summed E-state index contributed by atoms with van der Waals surface area (Å²) in [5.74, 6) is 0.258. The molecular formula is C25H15BS. The van der Waals surface area contributed by atoms with E-state index in [9.17, 15) is 0 Å². The second-order valence-electron chi connectivity index (χ2n) is 7.16. The highest BCUT2D eigenvalue weighted by molar-refractivity contribution is 7.26. The molecular weight excluding hydrogens is 343 g/mol. The Labute approximate surface area is 163 Å². The molecule has 0 nitrogen and oxygen atoms in total. The fraction of sp³-hybridized carbons (Fsp3) is 0.0400. The quantitative estimate of drug-likeness (QED) is 0.316. The van der Waals surface area contributed by atoms with Gasteiger partial charge in [-0.1, -0.05) is 84.3 Å². The molecule has 0 saturated carbocycles. The topological polar surface area (TPSA) is 0 Å². The fourth-order valence-corrected chi connectivity index (χ4v) is 5.91. The second kappa shape index (κ2) is 5.58. The first-order chi connectivity index (χ1) is 13.3. The highest BCUT2D eigenvalue weighted by atomic mass is 32.1. The van der Waals surface area contributed by atoms with Gasteiger partial charge in [-0.3, -0.25) is 0 Å². The monoisotopic (exact) mass is 358 g/mol. The first-order valence-electron chi connectivity index (χ1n) is 9.21. The molecule has 1 heterocycles. The van der Waals surface area contributed by atoms with Crippen LogP contribution in [-0.2, 0) is 0 Å². The lowest BCUT2D eigenvalue weighted by atomic mass is 9.84. The predicted octanol–water partition coefficient (Wildman–Crippen LogP) is 6.01. The number of rotatable bonds is 1. The molecule has 4 aromatic carbocycles. The Morgan fingerprint density at radius 1 is 0.741 bits per heavy atom. The molecule has 5 aromatic rings. The molecule has 124 valence electrons. The van der Waals surface area contributed by atoms with Crippen molar-refractivity contribution < 1.29 is 0 Å². The zero-order valence-corrected chi connectivity index (χ0v) is 15.5. The summed E-state index contributed by atoms with van der Waals surface area (Å²) in [6.07, 6.45) is 0. The Hall–Kier alpha value is -2.84. The van der Waals surface area contributed by atoms with Crippen LogP contribution in [-0.4, -0.2) is 7.85 Å². The fourth-order valence-electron chi connectivity index (χ4n) is 4.60. The van der Waals surface area contributed by atoms with E-state index in [1.165, 1.54) is 48.0 Å². The Balaban J connectivity index is 1.80. The minimum absolute atomic E-state index is 0.258. The van der Waals surface area contributed by atoms with Crippen LogP contribution in [0.2, 0.25) is 0 Å².